The highest BCUT2D eigenvalue weighted by molar-refractivity contribution is 7.13. The Morgan fingerprint density at radius 3 is 2.57 bits per heavy atom. The van der Waals surface area contributed by atoms with E-state index in [1.54, 1.807) is 12.1 Å². The number of halogens is 1. The molecule has 0 spiro atoms. The third kappa shape index (κ3) is 4.86. The van der Waals surface area contributed by atoms with Crippen LogP contribution in [0.2, 0.25) is 0 Å². The second-order valence-electron chi connectivity index (χ2n) is 7.31. The molecule has 3 aromatic rings. The van der Waals surface area contributed by atoms with Gasteiger partial charge in [0.1, 0.15) is 10.8 Å². The average molecular weight is 425 g/mol. The van der Waals surface area contributed by atoms with Crippen LogP contribution in [0.15, 0.2) is 53.9 Å². The minimum Gasteiger partial charge on any atom is -0.367 e. The Labute approximate surface area is 180 Å². The molecule has 4 rings (SSSR count). The summed E-state index contributed by atoms with van der Waals surface area (Å²) in [6.45, 7) is 7.22. The van der Waals surface area contributed by atoms with Gasteiger partial charge < -0.3 is 15.1 Å². The number of benzene rings is 2. The number of hydrogen-bond acceptors (Lipinski definition) is 5. The highest BCUT2D eigenvalue weighted by Gasteiger charge is 2.19. The molecule has 0 radical (unpaired) electrons. The van der Waals surface area contributed by atoms with Crippen molar-refractivity contribution in [2.24, 2.45) is 0 Å². The largest absolute Gasteiger partial charge is 0.367 e. The molecule has 0 aliphatic carbocycles. The number of aromatic nitrogens is 1. The Morgan fingerprint density at radius 1 is 1.10 bits per heavy atom. The van der Waals surface area contributed by atoms with Crippen LogP contribution in [0.4, 0.5) is 15.8 Å². The molecule has 5 nitrogen and oxygen atoms in total. The van der Waals surface area contributed by atoms with Crippen LogP contribution < -0.4 is 10.2 Å². The number of carbonyl (C=O) groups is 1. The molecule has 7 heteroatoms. The third-order valence-electron chi connectivity index (χ3n) is 5.32. The average Bonchev–Trinajstić information content (AvgIpc) is 3.23. The SMILES string of the molecule is CCN1CCN(c2ccccc2NC(=O)Cc2csc(-c3ccc(F)cc3)n2)CC1. The van der Waals surface area contributed by atoms with Gasteiger partial charge in [-0.1, -0.05) is 19.1 Å². The first-order valence-electron chi connectivity index (χ1n) is 10.2. The number of nitrogens with one attached hydrogen (secondary N) is 1. The molecule has 0 atom stereocenters. The summed E-state index contributed by atoms with van der Waals surface area (Å²) >= 11 is 1.46. The summed E-state index contributed by atoms with van der Waals surface area (Å²) in [6.07, 6.45) is 0.204. The van der Waals surface area contributed by atoms with Crippen molar-refractivity contribution in [1.29, 1.82) is 0 Å². The van der Waals surface area contributed by atoms with E-state index >= 15 is 0 Å². The monoisotopic (exact) mass is 424 g/mol. The number of hydrogen-bond donors (Lipinski definition) is 1. The van der Waals surface area contributed by atoms with E-state index in [9.17, 15) is 9.18 Å². The van der Waals surface area contributed by atoms with E-state index in [1.807, 2.05) is 23.6 Å². The second kappa shape index (κ2) is 9.36. The zero-order valence-electron chi connectivity index (χ0n) is 17.0. The third-order valence-corrected chi connectivity index (χ3v) is 6.26. The number of anilines is 2. The van der Waals surface area contributed by atoms with Gasteiger partial charge in [0.05, 0.1) is 23.5 Å². The maximum atomic E-state index is 13.1. The van der Waals surface area contributed by atoms with Crippen molar-refractivity contribution in [3.05, 3.63) is 65.4 Å². The van der Waals surface area contributed by atoms with Gasteiger partial charge in [0.15, 0.2) is 0 Å². The summed E-state index contributed by atoms with van der Waals surface area (Å²) in [7, 11) is 0. The molecule has 1 aliphatic rings. The normalized spacial score (nSPS) is 14.7. The highest BCUT2D eigenvalue weighted by atomic mass is 32.1. The number of piperazine rings is 1. The number of amides is 1. The molecule has 1 fully saturated rings. The van der Waals surface area contributed by atoms with Crippen LogP contribution in [0.3, 0.4) is 0 Å². The van der Waals surface area contributed by atoms with E-state index in [0.29, 0.717) is 5.69 Å². The summed E-state index contributed by atoms with van der Waals surface area (Å²) in [5.74, 6) is -0.365. The molecule has 1 amide bonds. The predicted octanol–water partition coefficient (Wildman–Crippen LogP) is 4.27. The van der Waals surface area contributed by atoms with Gasteiger partial charge in [0, 0.05) is 37.1 Å². The Bertz CT molecular complexity index is 996. The molecule has 1 aliphatic heterocycles. The van der Waals surface area contributed by atoms with Crippen LogP contribution in [-0.2, 0) is 11.2 Å². The molecule has 30 heavy (non-hydrogen) atoms. The van der Waals surface area contributed by atoms with Gasteiger partial charge in [-0.05, 0) is 42.9 Å². The van der Waals surface area contributed by atoms with Crippen molar-refractivity contribution in [3.8, 4) is 10.6 Å². The quantitative estimate of drug-likeness (QED) is 0.642. The number of carbonyl (C=O) groups excluding carboxylic acids is 1. The fourth-order valence-corrected chi connectivity index (χ4v) is 4.46. The molecule has 2 aromatic carbocycles. The van der Waals surface area contributed by atoms with Crippen molar-refractivity contribution in [3.63, 3.8) is 0 Å². The first-order chi connectivity index (χ1) is 14.6. The van der Waals surface area contributed by atoms with E-state index in [0.717, 1.165) is 54.7 Å². The van der Waals surface area contributed by atoms with Gasteiger partial charge >= 0.3 is 0 Å². The maximum absolute atomic E-state index is 13.1. The van der Waals surface area contributed by atoms with Gasteiger partial charge in [-0.15, -0.1) is 11.3 Å². The summed E-state index contributed by atoms with van der Waals surface area (Å²) < 4.78 is 13.1. The lowest BCUT2D eigenvalue weighted by molar-refractivity contribution is -0.115. The highest BCUT2D eigenvalue weighted by Crippen LogP contribution is 2.27. The lowest BCUT2D eigenvalue weighted by Gasteiger charge is -2.36. The molecule has 0 bridgehead atoms. The Balaban J connectivity index is 1.41. The molecule has 0 saturated carbocycles. The van der Waals surface area contributed by atoms with Crippen molar-refractivity contribution in [1.82, 2.24) is 9.88 Å². The molecule has 1 N–H and O–H groups in total. The summed E-state index contributed by atoms with van der Waals surface area (Å²) in [5.41, 5.74) is 3.46. The summed E-state index contributed by atoms with van der Waals surface area (Å²) in [6, 6.07) is 14.2. The Hall–Kier alpha value is -2.77. The van der Waals surface area contributed by atoms with E-state index in [-0.39, 0.29) is 18.1 Å². The minimum atomic E-state index is -0.273. The molecular weight excluding hydrogens is 399 g/mol. The van der Waals surface area contributed by atoms with Gasteiger partial charge in [-0.3, -0.25) is 4.79 Å². The van der Waals surface area contributed by atoms with Crippen LogP contribution in [0.5, 0.6) is 0 Å². The van der Waals surface area contributed by atoms with Crippen LogP contribution in [0.25, 0.3) is 10.6 Å². The van der Waals surface area contributed by atoms with E-state index in [4.69, 9.17) is 0 Å². The van der Waals surface area contributed by atoms with E-state index < -0.39 is 0 Å². The Morgan fingerprint density at radius 2 is 1.83 bits per heavy atom. The standard InChI is InChI=1S/C23H25FN4OS/c1-2-27-11-13-28(14-12-27)21-6-4-3-5-20(21)26-22(29)15-19-16-30-23(25-19)17-7-9-18(24)10-8-17/h3-10,16H,2,11-15H2,1H3,(H,26,29). The zero-order valence-corrected chi connectivity index (χ0v) is 17.8. The fourth-order valence-electron chi connectivity index (χ4n) is 3.63. The van der Waals surface area contributed by atoms with E-state index in [2.05, 4.69) is 33.1 Å². The molecule has 156 valence electrons. The number of likely N-dealkylation sites (N-methyl/N-ethyl adjacent to an activating group) is 1. The van der Waals surface area contributed by atoms with Gasteiger partial charge in [0.25, 0.3) is 0 Å². The van der Waals surface area contributed by atoms with Crippen molar-refractivity contribution >= 4 is 28.6 Å². The lowest BCUT2D eigenvalue weighted by atomic mass is 10.2. The second-order valence-corrected chi connectivity index (χ2v) is 8.17. The van der Waals surface area contributed by atoms with Crippen LogP contribution in [0.1, 0.15) is 12.6 Å². The predicted molar refractivity (Wildman–Crippen MR) is 121 cm³/mol. The number of para-hydroxylation sites is 2. The number of rotatable bonds is 6. The van der Waals surface area contributed by atoms with Crippen LogP contribution in [-0.4, -0.2) is 48.5 Å². The first-order valence-corrected chi connectivity index (χ1v) is 11.1. The topological polar surface area (TPSA) is 48.5 Å². The molecule has 0 unspecified atom stereocenters. The van der Waals surface area contributed by atoms with Crippen molar-refractivity contribution < 1.29 is 9.18 Å². The maximum Gasteiger partial charge on any atom is 0.230 e. The first kappa shape index (κ1) is 20.5. The fraction of sp³-hybridized carbons (Fsp3) is 0.304. The van der Waals surface area contributed by atoms with E-state index in [1.165, 1.54) is 23.5 Å². The van der Waals surface area contributed by atoms with Crippen LogP contribution in [0, 0.1) is 5.82 Å². The van der Waals surface area contributed by atoms with Crippen molar-refractivity contribution in [2.75, 3.05) is 42.9 Å². The van der Waals surface area contributed by atoms with Gasteiger partial charge in [-0.25, -0.2) is 9.37 Å². The lowest BCUT2D eigenvalue weighted by Crippen LogP contribution is -2.46. The Kier molecular flexibility index (Phi) is 6.40. The molecular formula is C23H25FN4OS. The summed E-state index contributed by atoms with van der Waals surface area (Å²) in [5, 5.41) is 5.73. The van der Waals surface area contributed by atoms with Gasteiger partial charge in [-0.2, -0.15) is 0 Å². The number of nitrogens with zero attached hydrogens (tertiary/aromatic N) is 3. The number of thiazole rings is 1. The molecule has 1 aromatic heterocycles. The van der Waals surface area contributed by atoms with Crippen molar-refractivity contribution in [2.45, 2.75) is 13.3 Å². The smallest absolute Gasteiger partial charge is 0.230 e. The molecule has 2 heterocycles. The minimum absolute atomic E-state index is 0.0920. The van der Waals surface area contributed by atoms with Gasteiger partial charge in [0.2, 0.25) is 5.91 Å². The summed E-state index contributed by atoms with van der Waals surface area (Å²) in [4.78, 5) is 22.0. The van der Waals surface area contributed by atoms with Crippen LogP contribution >= 0.6 is 11.3 Å². The molecule has 1 saturated heterocycles. The zero-order chi connectivity index (χ0) is 20.9.